The summed E-state index contributed by atoms with van der Waals surface area (Å²) in [5.74, 6) is 2.48. The van der Waals surface area contributed by atoms with Crippen molar-refractivity contribution in [2.24, 2.45) is 4.52 Å². The third kappa shape index (κ3) is 8.29. The van der Waals surface area contributed by atoms with Gasteiger partial charge in [0.25, 0.3) is 0 Å². The van der Waals surface area contributed by atoms with Gasteiger partial charge in [0, 0.05) is 0 Å². The van der Waals surface area contributed by atoms with Crippen molar-refractivity contribution < 1.29 is 27.8 Å². The Hall–Kier alpha value is -5.60. The van der Waals surface area contributed by atoms with Gasteiger partial charge < -0.3 is 0 Å². The van der Waals surface area contributed by atoms with Gasteiger partial charge in [0.05, 0.1) is 0 Å². The van der Waals surface area contributed by atoms with E-state index in [0.717, 1.165) is 16.7 Å². The Morgan fingerprint density at radius 1 is 0.463 bits per heavy atom. The van der Waals surface area contributed by atoms with E-state index < -0.39 is 16.0 Å². The first-order valence-corrected chi connectivity index (χ1v) is 20.7. The van der Waals surface area contributed by atoms with Crippen LogP contribution in [-0.2, 0) is 0 Å². The molecule has 6 N–H and O–H groups in total. The molecule has 1 heterocycles. The second-order valence-corrected chi connectivity index (χ2v) is 18.3. The van der Waals surface area contributed by atoms with Crippen LogP contribution in [-0.4, -0.2) is 9.21 Å². The molecule has 0 fully saturated rings. The predicted molar refractivity (Wildman–Crippen MR) is 217 cm³/mol. The molecule has 0 saturated heterocycles. The van der Waals surface area contributed by atoms with Crippen LogP contribution in [0.2, 0.25) is 0 Å². The Balaban J connectivity index is 1.52. The Kier molecular flexibility index (Phi) is 10.5. The molecule has 15 heteroatoms. The molecule has 1 atom stereocenters. The van der Waals surface area contributed by atoms with Gasteiger partial charge in [-0.2, -0.15) is 0 Å². The standard InChI is InChI=1S/C39H39N6O6P3/c1-28-4-16-37(17-5-28)49-54(50-38-18-6-29(2)7-19-38,51-39-20-8-30(3)9-21-39)43-52-44(46-34-22-10-31(40)11-23-34)53(48-36-26-14-33(42)15-27-36)45(54)47-35-24-12-32(41)13-25-35/h4-27H,40-42H2,1-3H3. The van der Waals surface area contributed by atoms with Gasteiger partial charge in [-0.15, -0.1) is 0 Å². The van der Waals surface area contributed by atoms with Crippen LogP contribution >= 0.6 is 24.6 Å². The molecule has 1 aliphatic heterocycles. The Labute approximate surface area is 317 Å². The van der Waals surface area contributed by atoms with E-state index in [1.165, 1.54) is 9.21 Å². The molecular weight excluding hydrogens is 741 g/mol. The van der Waals surface area contributed by atoms with Crippen molar-refractivity contribution in [2.45, 2.75) is 20.8 Å². The molecule has 1 unspecified atom stereocenters. The van der Waals surface area contributed by atoms with Gasteiger partial charge in [0.1, 0.15) is 0 Å². The van der Waals surface area contributed by atoms with E-state index in [1.807, 2.05) is 93.6 Å². The molecule has 276 valence electrons. The van der Waals surface area contributed by atoms with Crippen LogP contribution in [0.1, 0.15) is 16.7 Å². The molecule has 12 nitrogen and oxygen atoms in total. The zero-order valence-electron chi connectivity index (χ0n) is 29.7. The molecule has 0 amide bonds. The first kappa shape index (κ1) is 36.7. The van der Waals surface area contributed by atoms with Crippen LogP contribution in [0.4, 0.5) is 17.1 Å². The van der Waals surface area contributed by atoms with Crippen LogP contribution in [0, 0.1) is 20.8 Å². The van der Waals surface area contributed by atoms with Gasteiger partial charge >= 0.3 is 318 Å². The monoisotopic (exact) mass is 780 g/mol. The molecule has 0 saturated carbocycles. The second kappa shape index (κ2) is 15.4. The first-order chi connectivity index (χ1) is 26.0. The fourth-order valence-electron chi connectivity index (χ4n) is 5.01. The van der Waals surface area contributed by atoms with Gasteiger partial charge in [-0.3, -0.25) is 0 Å². The van der Waals surface area contributed by atoms with Gasteiger partial charge in [0.2, 0.25) is 0 Å². The molecule has 54 heavy (non-hydrogen) atoms. The number of nitrogens with two attached hydrogens (primary N) is 3. The molecule has 0 aromatic heterocycles. The summed E-state index contributed by atoms with van der Waals surface area (Å²) in [6, 6.07) is 43.4. The molecule has 0 spiro atoms. The fourth-order valence-corrected chi connectivity index (χ4v) is 12.7. The molecule has 1 aliphatic rings. The molecule has 7 rings (SSSR count). The zero-order valence-corrected chi connectivity index (χ0v) is 32.4. The number of hydrogen-bond acceptors (Lipinski definition) is 12. The maximum atomic E-state index is 7.17. The third-order valence-corrected chi connectivity index (χ3v) is 15.0. The van der Waals surface area contributed by atoms with Crippen LogP contribution in [0.15, 0.2) is 150 Å². The topological polar surface area (TPSA) is 152 Å². The number of aryl methyl sites for hydroxylation is 3. The number of hydrogen-bond donors (Lipinski definition) is 3. The number of nitrogens with zero attached hydrogens (tertiary/aromatic N) is 3. The van der Waals surface area contributed by atoms with Crippen LogP contribution in [0.25, 0.3) is 0 Å². The summed E-state index contributed by atoms with van der Waals surface area (Å²) in [4.78, 5) is 13.4. The molecule has 0 bridgehead atoms. The second-order valence-electron chi connectivity index (χ2n) is 12.4. The van der Waals surface area contributed by atoms with Crippen molar-refractivity contribution in [1.29, 1.82) is 0 Å². The average molecular weight is 781 g/mol. The van der Waals surface area contributed by atoms with E-state index in [9.17, 15) is 0 Å². The van der Waals surface area contributed by atoms with Crippen LogP contribution in [0.5, 0.6) is 34.5 Å². The fraction of sp³-hybridized carbons (Fsp3) is 0.0769. The van der Waals surface area contributed by atoms with Crippen molar-refractivity contribution in [2.75, 3.05) is 17.2 Å². The van der Waals surface area contributed by atoms with E-state index in [2.05, 4.69) is 0 Å². The van der Waals surface area contributed by atoms with Crippen molar-refractivity contribution in [3.63, 3.8) is 0 Å². The molecule has 0 aliphatic carbocycles. The minimum atomic E-state index is -5.34. The summed E-state index contributed by atoms with van der Waals surface area (Å²) >= 11 is 0. The first-order valence-electron chi connectivity index (χ1n) is 16.8. The average Bonchev–Trinajstić information content (AvgIpc) is 3.17. The van der Waals surface area contributed by atoms with E-state index in [1.54, 1.807) is 72.8 Å². The molecular formula is C39H39N6O6P3. The van der Waals surface area contributed by atoms with E-state index >= 15 is 0 Å². The normalized spacial score (nSPS) is 17.3. The summed E-state index contributed by atoms with van der Waals surface area (Å²) in [7, 11) is -7.44. The molecule has 6 aromatic carbocycles. The van der Waals surface area contributed by atoms with Crippen LogP contribution < -0.4 is 45.0 Å². The Morgan fingerprint density at radius 2 is 0.796 bits per heavy atom. The minimum absolute atomic E-state index is 0.197. The predicted octanol–water partition coefficient (Wildman–Crippen LogP) is 11.0. The Bertz CT molecular complexity index is 2090. The van der Waals surface area contributed by atoms with E-state index in [-0.39, 0.29) is 8.52 Å². The zero-order chi connectivity index (χ0) is 37.7. The SMILES string of the molecule is Cc1ccc(OP2(Oc3ccc(C)cc3)(Oc3ccc(C)cc3)N=PN(Oc3ccc(N)cc3)P(Oc3ccc(N)cc3)N2Oc2ccc(N)cc2)cc1. The molecule has 0 radical (unpaired) electrons. The number of benzene rings is 6. The third-order valence-electron chi connectivity index (χ3n) is 7.89. The van der Waals surface area contributed by atoms with Crippen molar-refractivity contribution in [3.05, 3.63) is 162 Å². The van der Waals surface area contributed by atoms with Gasteiger partial charge in [-0.25, -0.2) is 0 Å². The van der Waals surface area contributed by atoms with E-state index in [0.29, 0.717) is 51.6 Å². The number of rotatable bonds is 12. The van der Waals surface area contributed by atoms with E-state index in [4.69, 9.17) is 49.5 Å². The van der Waals surface area contributed by atoms with Crippen LogP contribution in [0.3, 0.4) is 0 Å². The summed E-state index contributed by atoms with van der Waals surface area (Å²) in [6.45, 7) is 5.97. The quantitative estimate of drug-likeness (QED) is 0.0803. The summed E-state index contributed by atoms with van der Waals surface area (Å²) < 4.78 is 36.6. The van der Waals surface area contributed by atoms with Crippen molar-refractivity contribution in [1.82, 2.24) is 9.21 Å². The van der Waals surface area contributed by atoms with Crippen molar-refractivity contribution >= 4 is 41.6 Å². The summed E-state index contributed by atoms with van der Waals surface area (Å²) in [6.07, 6.45) is 0. The molecule has 6 aromatic rings. The maximum absolute atomic E-state index is 7.17. The van der Waals surface area contributed by atoms with Gasteiger partial charge in [-0.1, -0.05) is 0 Å². The Morgan fingerprint density at radius 3 is 1.19 bits per heavy atom. The van der Waals surface area contributed by atoms with Gasteiger partial charge in [-0.05, 0) is 0 Å². The number of nitrogen functional groups attached to an aromatic ring is 3. The van der Waals surface area contributed by atoms with Gasteiger partial charge in [0.15, 0.2) is 0 Å². The summed E-state index contributed by atoms with van der Waals surface area (Å²) in [5.41, 5.74) is 23.0. The number of anilines is 3. The summed E-state index contributed by atoms with van der Waals surface area (Å²) in [5, 5.41) is 0. The van der Waals surface area contributed by atoms with Crippen molar-refractivity contribution in [3.8, 4) is 34.5 Å².